The van der Waals surface area contributed by atoms with Gasteiger partial charge in [-0.2, -0.15) is 0 Å². The first-order chi connectivity index (χ1) is 10.2. The summed E-state index contributed by atoms with van der Waals surface area (Å²) < 4.78 is 5.52. The van der Waals surface area contributed by atoms with Gasteiger partial charge in [0, 0.05) is 0 Å². The van der Waals surface area contributed by atoms with Gasteiger partial charge in [-0.3, -0.25) is 4.79 Å². The molecule has 0 spiro atoms. The van der Waals surface area contributed by atoms with Gasteiger partial charge in [-0.25, -0.2) is 0 Å². The zero-order valence-electron chi connectivity index (χ0n) is 12.7. The van der Waals surface area contributed by atoms with E-state index < -0.39 is 11.4 Å². The minimum Gasteiger partial charge on any atom is -0.496 e. The number of methoxy groups -OCH3 is 1. The van der Waals surface area contributed by atoms with Gasteiger partial charge in [0.1, 0.15) is 5.75 Å². The molecule has 114 valence electrons. The van der Waals surface area contributed by atoms with Gasteiger partial charge in [-0.1, -0.05) is 37.8 Å². The van der Waals surface area contributed by atoms with Crippen LogP contribution in [0.5, 0.6) is 5.75 Å². The summed E-state index contributed by atoms with van der Waals surface area (Å²) >= 11 is 0. The number of benzene rings is 1. The van der Waals surface area contributed by atoms with Crippen molar-refractivity contribution in [2.45, 2.75) is 62.7 Å². The minimum atomic E-state index is -0.667. The van der Waals surface area contributed by atoms with E-state index in [-0.39, 0.29) is 0 Å². The molecule has 0 heterocycles. The first-order valence-electron chi connectivity index (χ1n) is 8.09. The summed E-state index contributed by atoms with van der Waals surface area (Å²) in [6.07, 6.45) is 8.47. The predicted molar refractivity (Wildman–Crippen MR) is 82.0 cm³/mol. The van der Waals surface area contributed by atoms with E-state index in [2.05, 4.69) is 6.07 Å². The zero-order chi connectivity index (χ0) is 14.9. The summed E-state index contributed by atoms with van der Waals surface area (Å²) in [5.41, 5.74) is 1.54. The lowest BCUT2D eigenvalue weighted by atomic mass is 9.77. The molecule has 2 aliphatic rings. The summed E-state index contributed by atoms with van der Waals surface area (Å²) in [4.78, 5) is 11.9. The van der Waals surface area contributed by atoms with Gasteiger partial charge in [0.2, 0.25) is 0 Å². The highest BCUT2D eigenvalue weighted by Gasteiger charge is 2.43. The van der Waals surface area contributed by atoms with E-state index >= 15 is 0 Å². The molecule has 0 bridgehead atoms. The number of carboxylic acid groups (broad SMARTS) is 1. The van der Waals surface area contributed by atoms with Crippen molar-refractivity contribution in [1.82, 2.24) is 0 Å². The summed E-state index contributed by atoms with van der Waals surface area (Å²) in [5, 5.41) is 9.77. The molecule has 2 aliphatic carbocycles. The van der Waals surface area contributed by atoms with Crippen LogP contribution in [0, 0.1) is 0 Å². The molecule has 1 aromatic carbocycles. The lowest BCUT2D eigenvalue weighted by Gasteiger charge is -2.26. The number of rotatable bonds is 4. The van der Waals surface area contributed by atoms with Gasteiger partial charge < -0.3 is 9.84 Å². The Labute approximate surface area is 126 Å². The number of hydrogen-bond donors (Lipinski definition) is 1. The lowest BCUT2D eigenvalue weighted by molar-refractivity contribution is -0.143. The highest BCUT2D eigenvalue weighted by atomic mass is 16.5. The van der Waals surface area contributed by atoms with Crippen molar-refractivity contribution < 1.29 is 14.6 Å². The number of aliphatic carboxylic acids is 1. The van der Waals surface area contributed by atoms with Crippen LogP contribution in [0.4, 0.5) is 0 Å². The van der Waals surface area contributed by atoms with Crippen molar-refractivity contribution in [3.63, 3.8) is 0 Å². The van der Waals surface area contributed by atoms with Crippen molar-refractivity contribution >= 4 is 5.97 Å². The average molecular weight is 288 g/mol. The molecule has 0 saturated heterocycles. The standard InChI is InChI=1S/C18H24O3/c1-21-16-9-8-14(12-15(16)13-6-2-3-7-13)18(17(19)20)10-4-5-11-18/h8-9,12-13H,2-7,10-11H2,1H3,(H,19,20). The maximum Gasteiger partial charge on any atom is 0.314 e. The largest absolute Gasteiger partial charge is 0.496 e. The van der Waals surface area contributed by atoms with E-state index in [1.807, 2.05) is 12.1 Å². The third-order valence-electron chi connectivity index (χ3n) is 5.44. The molecule has 1 N–H and O–H groups in total. The van der Waals surface area contributed by atoms with E-state index in [4.69, 9.17) is 4.74 Å². The Morgan fingerprint density at radius 3 is 2.43 bits per heavy atom. The molecule has 2 fully saturated rings. The molecule has 0 unspecified atom stereocenters. The average Bonchev–Trinajstić information content (AvgIpc) is 3.18. The summed E-state index contributed by atoms with van der Waals surface area (Å²) in [6.45, 7) is 0. The normalized spacial score (nSPS) is 21.6. The molecule has 21 heavy (non-hydrogen) atoms. The summed E-state index contributed by atoms with van der Waals surface area (Å²) in [7, 11) is 1.70. The maximum absolute atomic E-state index is 11.9. The fourth-order valence-corrected chi connectivity index (χ4v) is 4.19. The first kappa shape index (κ1) is 14.4. The molecule has 0 aromatic heterocycles. The van der Waals surface area contributed by atoms with Crippen LogP contribution in [0.2, 0.25) is 0 Å². The zero-order valence-corrected chi connectivity index (χ0v) is 12.7. The van der Waals surface area contributed by atoms with E-state index in [1.165, 1.54) is 31.2 Å². The van der Waals surface area contributed by atoms with Crippen LogP contribution in [0.15, 0.2) is 18.2 Å². The molecule has 0 radical (unpaired) electrons. The Kier molecular flexibility index (Phi) is 3.92. The van der Waals surface area contributed by atoms with E-state index in [0.717, 1.165) is 37.0 Å². The molecule has 0 atom stereocenters. The minimum absolute atomic E-state index is 0.534. The molecule has 2 saturated carbocycles. The number of carboxylic acids is 1. The van der Waals surface area contributed by atoms with Gasteiger partial charge in [0.15, 0.2) is 0 Å². The Bertz CT molecular complexity index is 523. The number of carbonyl (C=O) groups is 1. The fourth-order valence-electron chi connectivity index (χ4n) is 4.19. The monoisotopic (exact) mass is 288 g/mol. The van der Waals surface area contributed by atoms with Crippen molar-refractivity contribution in [3.05, 3.63) is 29.3 Å². The van der Waals surface area contributed by atoms with Crippen LogP contribution >= 0.6 is 0 Å². The third kappa shape index (κ3) is 2.43. The van der Waals surface area contributed by atoms with E-state index in [9.17, 15) is 9.90 Å². The molecule has 3 rings (SSSR count). The number of ether oxygens (including phenoxy) is 1. The van der Waals surface area contributed by atoms with Gasteiger partial charge in [-0.05, 0) is 48.8 Å². The van der Waals surface area contributed by atoms with Crippen LogP contribution in [0.3, 0.4) is 0 Å². The summed E-state index contributed by atoms with van der Waals surface area (Å²) in [6, 6.07) is 6.08. The second-order valence-corrected chi connectivity index (χ2v) is 6.53. The molecular weight excluding hydrogens is 264 g/mol. The summed E-state index contributed by atoms with van der Waals surface area (Å²) in [5.74, 6) is 0.791. The second-order valence-electron chi connectivity index (χ2n) is 6.53. The van der Waals surface area contributed by atoms with Crippen molar-refractivity contribution in [2.75, 3.05) is 7.11 Å². The van der Waals surface area contributed by atoms with Gasteiger partial charge in [0.25, 0.3) is 0 Å². The highest BCUT2D eigenvalue weighted by Crippen LogP contribution is 2.45. The van der Waals surface area contributed by atoms with Crippen LogP contribution in [0.1, 0.15) is 68.4 Å². The highest BCUT2D eigenvalue weighted by molar-refractivity contribution is 5.82. The number of hydrogen-bond acceptors (Lipinski definition) is 2. The molecule has 0 amide bonds. The van der Waals surface area contributed by atoms with Gasteiger partial charge in [0.05, 0.1) is 12.5 Å². The van der Waals surface area contributed by atoms with E-state index in [1.54, 1.807) is 7.11 Å². The fraction of sp³-hybridized carbons (Fsp3) is 0.611. The van der Waals surface area contributed by atoms with Crippen LogP contribution in [-0.4, -0.2) is 18.2 Å². The SMILES string of the molecule is COc1ccc(C2(C(=O)O)CCCC2)cc1C1CCCC1. The quantitative estimate of drug-likeness (QED) is 0.901. The lowest BCUT2D eigenvalue weighted by Crippen LogP contribution is -2.32. The Hall–Kier alpha value is -1.51. The Morgan fingerprint density at radius 1 is 1.19 bits per heavy atom. The molecule has 1 aromatic rings. The van der Waals surface area contributed by atoms with Gasteiger partial charge in [-0.15, -0.1) is 0 Å². The molecule has 3 nitrogen and oxygen atoms in total. The molecule has 0 aliphatic heterocycles. The van der Waals surface area contributed by atoms with Gasteiger partial charge >= 0.3 is 5.97 Å². The Morgan fingerprint density at radius 2 is 1.86 bits per heavy atom. The van der Waals surface area contributed by atoms with Crippen LogP contribution < -0.4 is 4.74 Å². The van der Waals surface area contributed by atoms with E-state index in [0.29, 0.717) is 5.92 Å². The molecular formula is C18H24O3. The molecule has 3 heteroatoms. The topological polar surface area (TPSA) is 46.5 Å². The maximum atomic E-state index is 11.9. The van der Waals surface area contributed by atoms with Crippen molar-refractivity contribution in [2.24, 2.45) is 0 Å². The van der Waals surface area contributed by atoms with Crippen LogP contribution in [0.25, 0.3) is 0 Å². The Balaban J connectivity index is 2.03. The second kappa shape index (κ2) is 5.70. The third-order valence-corrected chi connectivity index (χ3v) is 5.44. The predicted octanol–water partition coefficient (Wildman–Crippen LogP) is 4.25. The van der Waals surface area contributed by atoms with Crippen LogP contribution in [-0.2, 0) is 10.2 Å². The van der Waals surface area contributed by atoms with Crippen molar-refractivity contribution in [3.8, 4) is 5.75 Å². The smallest absolute Gasteiger partial charge is 0.314 e. The van der Waals surface area contributed by atoms with Crippen molar-refractivity contribution in [1.29, 1.82) is 0 Å². The first-order valence-corrected chi connectivity index (χ1v) is 8.09.